The van der Waals surface area contributed by atoms with Crippen LogP contribution >= 0.6 is 43.6 Å². The zero-order chi connectivity index (χ0) is 18.2. The molecule has 0 saturated carbocycles. The second-order valence-electron chi connectivity index (χ2n) is 4.05. The predicted octanol–water partition coefficient (Wildman–Crippen LogP) is 0.576. The summed E-state index contributed by atoms with van der Waals surface area (Å²) in [6.45, 7) is 1.23. The summed E-state index contributed by atoms with van der Waals surface area (Å²) in [6.07, 6.45) is -6.82. The lowest BCUT2D eigenvalue weighted by Gasteiger charge is -2.40. The number of hydrogen-bond acceptors (Lipinski definition) is 10. The molecule has 0 aliphatic carbocycles. The Balaban J connectivity index is 3.29. The maximum Gasteiger partial charge on any atom is 0.356 e. The first-order chi connectivity index (χ1) is 10.1. The molecule has 10 nitrogen and oxygen atoms in total. The molecule has 1 aliphatic heterocycles. The van der Waals surface area contributed by atoms with Gasteiger partial charge in [-0.05, 0) is 6.92 Å². The van der Waals surface area contributed by atoms with Crippen LogP contribution in [0.2, 0.25) is 0 Å². The number of rotatable bonds is 6. The highest BCUT2D eigenvalue weighted by Gasteiger charge is 2.51. The van der Waals surface area contributed by atoms with Crippen LogP contribution in [0, 0.1) is 0 Å². The Hall–Kier alpha value is 0.850. The van der Waals surface area contributed by atoms with Crippen LogP contribution in [-0.4, -0.2) is 55.2 Å². The Labute approximate surface area is 150 Å². The Bertz CT molecular complexity index is 687. The van der Waals surface area contributed by atoms with E-state index in [1.165, 1.54) is 6.92 Å². The topological polar surface area (TPSA) is 139 Å². The van der Waals surface area contributed by atoms with Crippen molar-refractivity contribution in [3.8, 4) is 0 Å². The summed E-state index contributed by atoms with van der Waals surface area (Å²) in [4.78, 5) is 0. The number of hydrogen-bond donors (Lipinski definition) is 0. The van der Waals surface area contributed by atoms with Gasteiger partial charge in [0, 0.05) is 32.0 Å². The molecule has 1 fully saturated rings. The molecule has 1 aliphatic rings. The lowest BCUT2D eigenvalue weighted by Crippen LogP contribution is -2.58. The SMILES string of the molecule is C[C@@H]1O[C@@H](Cl)[C@@H](OS(=O)(=O)Cl)[C@H](OS(=O)(=O)Cl)[C@@H]1OS(=O)(=O)Cl. The zero-order valence-corrected chi connectivity index (χ0v) is 16.2. The van der Waals surface area contributed by atoms with Gasteiger partial charge in [0.05, 0.1) is 6.10 Å². The molecular weight excluding hydrogens is 470 g/mol. The van der Waals surface area contributed by atoms with Crippen LogP contribution in [-0.2, 0) is 45.3 Å². The summed E-state index contributed by atoms with van der Waals surface area (Å²) in [7, 11) is 0.707. The molecule has 1 rings (SSSR count). The largest absolute Gasteiger partial charge is 0.356 e. The fraction of sp³-hybridized carbons (Fsp3) is 1.00. The molecule has 1 saturated heterocycles. The second kappa shape index (κ2) is 7.61. The van der Waals surface area contributed by atoms with Crippen molar-refractivity contribution in [2.24, 2.45) is 0 Å². The van der Waals surface area contributed by atoms with Crippen LogP contribution in [0.15, 0.2) is 0 Å². The second-order valence-corrected chi connectivity index (χ2v) is 10.8. The smallest absolute Gasteiger partial charge is 0.354 e. The zero-order valence-electron chi connectivity index (χ0n) is 10.7. The highest BCUT2D eigenvalue weighted by atomic mass is 35.7. The van der Waals surface area contributed by atoms with Crippen molar-refractivity contribution < 1.29 is 42.5 Å². The van der Waals surface area contributed by atoms with Crippen LogP contribution in [0.25, 0.3) is 0 Å². The van der Waals surface area contributed by atoms with Crippen LogP contribution in [0.3, 0.4) is 0 Å². The molecule has 0 bridgehead atoms. The first kappa shape index (κ1) is 21.9. The monoisotopic (exact) mass is 476 g/mol. The Morgan fingerprint density at radius 3 is 1.48 bits per heavy atom. The van der Waals surface area contributed by atoms with E-state index < -0.39 is 58.0 Å². The van der Waals surface area contributed by atoms with Crippen LogP contribution < -0.4 is 0 Å². The quantitative estimate of drug-likeness (QED) is 0.394. The summed E-state index contributed by atoms with van der Waals surface area (Å²) in [5, 5.41) is 0. The first-order valence-electron chi connectivity index (χ1n) is 5.27. The van der Waals surface area contributed by atoms with Gasteiger partial charge in [-0.2, -0.15) is 25.3 Å². The van der Waals surface area contributed by atoms with Gasteiger partial charge in [0.15, 0.2) is 5.56 Å². The van der Waals surface area contributed by atoms with E-state index in [-0.39, 0.29) is 0 Å². The molecule has 0 spiro atoms. The van der Waals surface area contributed by atoms with E-state index in [1.807, 2.05) is 0 Å². The molecule has 1 heterocycles. The lowest BCUT2D eigenvalue weighted by atomic mass is 10.0. The van der Waals surface area contributed by atoms with Crippen molar-refractivity contribution in [1.29, 1.82) is 0 Å². The fourth-order valence-electron chi connectivity index (χ4n) is 1.70. The van der Waals surface area contributed by atoms with Gasteiger partial charge in [0.1, 0.15) is 18.3 Å². The van der Waals surface area contributed by atoms with E-state index >= 15 is 0 Å². The Morgan fingerprint density at radius 1 is 0.739 bits per heavy atom. The van der Waals surface area contributed by atoms with Crippen LogP contribution in [0.4, 0.5) is 0 Å². The van der Waals surface area contributed by atoms with E-state index in [1.54, 1.807) is 0 Å². The van der Waals surface area contributed by atoms with E-state index in [4.69, 9.17) is 48.4 Å². The third-order valence-electron chi connectivity index (χ3n) is 2.39. The maximum absolute atomic E-state index is 11.1. The third-order valence-corrected chi connectivity index (χ3v) is 4.75. The molecular formula is C6H8Cl4O10S3. The first-order valence-corrected chi connectivity index (χ1v) is 12.4. The molecule has 0 aromatic rings. The predicted molar refractivity (Wildman–Crippen MR) is 79.1 cm³/mol. The van der Waals surface area contributed by atoms with Gasteiger partial charge in [-0.3, -0.25) is 0 Å². The van der Waals surface area contributed by atoms with Gasteiger partial charge in [-0.25, -0.2) is 12.5 Å². The average molecular weight is 478 g/mol. The third kappa shape index (κ3) is 7.73. The van der Waals surface area contributed by atoms with E-state index in [2.05, 4.69) is 12.5 Å². The van der Waals surface area contributed by atoms with Gasteiger partial charge in [0.25, 0.3) is 0 Å². The molecule has 0 unspecified atom stereocenters. The summed E-state index contributed by atoms with van der Waals surface area (Å²) in [6, 6.07) is 0. The molecule has 0 amide bonds. The Morgan fingerprint density at radius 2 is 1.09 bits per heavy atom. The highest BCUT2D eigenvalue weighted by Crippen LogP contribution is 2.33. The van der Waals surface area contributed by atoms with Crippen molar-refractivity contribution in [3.05, 3.63) is 0 Å². The lowest BCUT2D eigenvalue weighted by molar-refractivity contribution is -0.166. The van der Waals surface area contributed by atoms with Crippen molar-refractivity contribution in [1.82, 2.24) is 0 Å². The summed E-state index contributed by atoms with van der Waals surface area (Å²) in [5.41, 5.74) is -1.60. The molecule has 0 aromatic carbocycles. The minimum atomic E-state index is -4.73. The minimum Gasteiger partial charge on any atom is -0.354 e. The molecule has 23 heavy (non-hydrogen) atoms. The molecule has 138 valence electrons. The van der Waals surface area contributed by atoms with Crippen molar-refractivity contribution in [2.45, 2.75) is 36.9 Å². The van der Waals surface area contributed by atoms with Gasteiger partial charge in [-0.1, -0.05) is 11.6 Å². The van der Waals surface area contributed by atoms with Crippen molar-refractivity contribution in [3.63, 3.8) is 0 Å². The van der Waals surface area contributed by atoms with Gasteiger partial charge >= 0.3 is 28.0 Å². The molecule has 0 N–H and O–H groups in total. The molecule has 5 atom stereocenters. The van der Waals surface area contributed by atoms with Gasteiger partial charge in [-0.15, -0.1) is 0 Å². The van der Waals surface area contributed by atoms with Gasteiger partial charge < -0.3 is 4.74 Å². The van der Waals surface area contributed by atoms with Crippen molar-refractivity contribution in [2.75, 3.05) is 0 Å². The Kier molecular flexibility index (Phi) is 7.25. The van der Waals surface area contributed by atoms with Gasteiger partial charge in [0.2, 0.25) is 0 Å². The average Bonchev–Trinajstić information content (AvgIpc) is 2.25. The summed E-state index contributed by atoms with van der Waals surface area (Å²) < 4.78 is 84.6. The van der Waals surface area contributed by atoms with Crippen molar-refractivity contribution >= 4 is 71.6 Å². The van der Waals surface area contributed by atoms with Crippen LogP contribution in [0.1, 0.15) is 6.92 Å². The minimum absolute atomic E-state index is 1.20. The summed E-state index contributed by atoms with van der Waals surface area (Å²) >= 11 is 5.72. The molecule has 17 heteroatoms. The van der Waals surface area contributed by atoms with Crippen LogP contribution in [0.5, 0.6) is 0 Å². The summed E-state index contributed by atoms with van der Waals surface area (Å²) in [5.74, 6) is 0. The van der Waals surface area contributed by atoms with E-state index in [0.29, 0.717) is 0 Å². The number of ether oxygens (including phenoxy) is 1. The van der Waals surface area contributed by atoms with E-state index in [9.17, 15) is 25.3 Å². The molecule has 0 radical (unpaired) electrons. The fourth-order valence-corrected chi connectivity index (χ4v) is 4.37. The van der Waals surface area contributed by atoms with E-state index in [0.717, 1.165) is 0 Å². The number of alkyl halides is 1. The highest BCUT2D eigenvalue weighted by molar-refractivity contribution is 8.10. The normalized spacial score (nSPS) is 33.5. The maximum atomic E-state index is 11.1. The number of halogens is 4. The standard InChI is InChI=1S/C6H8Cl4O10S3/c1-2-3(18-21(8,11)12)4(19-22(9,13)14)5(6(7)17-2)20-23(10,15)16/h2-6H,1H3/t2-,3+,4+,5-,6+/m0/s1. The molecule has 0 aromatic heterocycles.